The number of ether oxygens (including phenoxy) is 1. The third kappa shape index (κ3) is 5.79. The number of benzene rings is 2. The molecule has 0 saturated carbocycles. The average Bonchev–Trinajstić information content (AvgIpc) is 2.70. The van der Waals surface area contributed by atoms with Crippen LogP contribution in [-0.4, -0.2) is 37.0 Å². The molecule has 1 fully saturated rings. The van der Waals surface area contributed by atoms with Gasteiger partial charge in [-0.1, -0.05) is 30.3 Å². The van der Waals surface area contributed by atoms with Crippen LogP contribution in [0.5, 0.6) is 5.75 Å². The monoisotopic (exact) mass is 370 g/mol. The third-order valence-corrected chi connectivity index (χ3v) is 5.11. The van der Waals surface area contributed by atoms with Crippen molar-refractivity contribution in [2.75, 3.05) is 26.2 Å². The molecule has 0 radical (unpaired) electrons. The summed E-state index contributed by atoms with van der Waals surface area (Å²) >= 11 is 0. The van der Waals surface area contributed by atoms with Gasteiger partial charge >= 0.3 is 0 Å². The van der Waals surface area contributed by atoms with Crippen LogP contribution in [0.3, 0.4) is 0 Å². The van der Waals surface area contributed by atoms with Gasteiger partial charge in [-0.3, -0.25) is 9.69 Å². The number of carbonyl (C=O) groups is 1. The average molecular weight is 370 g/mol. The highest BCUT2D eigenvalue weighted by Crippen LogP contribution is 2.20. The standard InChI is InChI=1S/C22H27FN2O2/c1-17(18-7-9-20(23)10-8-18)24-22(26)19-11-13-25(14-12-19)15-16-27-21-5-3-2-4-6-21/h2-10,17,19H,11-16H2,1H3,(H,24,26). The highest BCUT2D eigenvalue weighted by molar-refractivity contribution is 5.79. The van der Waals surface area contributed by atoms with Crippen molar-refractivity contribution in [1.82, 2.24) is 10.2 Å². The predicted octanol–water partition coefficient (Wildman–Crippen LogP) is 3.79. The number of likely N-dealkylation sites (tertiary alicyclic amines) is 1. The van der Waals surface area contributed by atoms with Crippen molar-refractivity contribution in [1.29, 1.82) is 0 Å². The molecular weight excluding hydrogens is 343 g/mol. The van der Waals surface area contributed by atoms with Crippen LogP contribution in [0.1, 0.15) is 31.4 Å². The first-order chi connectivity index (χ1) is 13.1. The van der Waals surface area contributed by atoms with E-state index in [0.29, 0.717) is 6.61 Å². The number of amides is 1. The van der Waals surface area contributed by atoms with Crippen molar-refractivity contribution >= 4 is 5.91 Å². The molecule has 2 aromatic carbocycles. The summed E-state index contributed by atoms with van der Waals surface area (Å²) in [6.45, 7) is 5.27. The van der Waals surface area contributed by atoms with Gasteiger partial charge in [-0.05, 0) is 62.7 Å². The Morgan fingerprint density at radius 1 is 1.15 bits per heavy atom. The largest absolute Gasteiger partial charge is 0.492 e. The van der Waals surface area contributed by atoms with Gasteiger partial charge in [0, 0.05) is 12.5 Å². The van der Waals surface area contributed by atoms with Crippen LogP contribution in [0, 0.1) is 11.7 Å². The molecule has 1 saturated heterocycles. The Bertz CT molecular complexity index is 713. The number of nitrogens with zero attached hydrogens (tertiary/aromatic N) is 1. The van der Waals surface area contributed by atoms with Crippen molar-refractivity contribution in [3.8, 4) is 5.75 Å². The quantitative estimate of drug-likeness (QED) is 0.806. The third-order valence-electron chi connectivity index (χ3n) is 5.11. The van der Waals surface area contributed by atoms with E-state index in [2.05, 4.69) is 10.2 Å². The van der Waals surface area contributed by atoms with Crippen LogP contribution in [0.25, 0.3) is 0 Å². The first-order valence-corrected chi connectivity index (χ1v) is 9.58. The van der Waals surface area contributed by atoms with E-state index in [-0.39, 0.29) is 23.7 Å². The fraction of sp³-hybridized carbons (Fsp3) is 0.409. The second-order valence-corrected chi connectivity index (χ2v) is 7.06. The molecule has 1 unspecified atom stereocenters. The summed E-state index contributed by atoms with van der Waals surface area (Å²) in [5.41, 5.74) is 0.917. The first kappa shape index (κ1) is 19.4. The second-order valence-electron chi connectivity index (χ2n) is 7.06. The van der Waals surface area contributed by atoms with Gasteiger partial charge in [0.1, 0.15) is 18.2 Å². The minimum absolute atomic E-state index is 0.0409. The Morgan fingerprint density at radius 3 is 2.48 bits per heavy atom. The molecule has 5 heteroatoms. The van der Waals surface area contributed by atoms with Gasteiger partial charge in [-0.15, -0.1) is 0 Å². The first-order valence-electron chi connectivity index (χ1n) is 9.58. The van der Waals surface area contributed by atoms with Gasteiger partial charge in [0.2, 0.25) is 5.91 Å². The molecular formula is C22H27FN2O2. The maximum atomic E-state index is 13.0. The molecule has 1 N–H and O–H groups in total. The summed E-state index contributed by atoms with van der Waals surface area (Å²) in [5.74, 6) is 0.758. The summed E-state index contributed by atoms with van der Waals surface area (Å²) in [7, 11) is 0. The molecule has 1 heterocycles. The second kappa shape index (κ2) is 9.51. The zero-order valence-corrected chi connectivity index (χ0v) is 15.7. The van der Waals surface area contributed by atoms with E-state index in [1.807, 2.05) is 37.3 Å². The zero-order chi connectivity index (χ0) is 19.1. The van der Waals surface area contributed by atoms with Crippen LogP contribution >= 0.6 is 0 Å². The van der Waals surface area contributed by atoms with Gasteiger partial charge in [-0.2, -0.15) is 0 Å². The van der Waals surface area contributed by atoms with Crippen LogP contribution in [0.4, 0.5) is 4.39 Å². The topological polar surface area (TPSA) is 41.6 Å². The lowest BCUT2D eigenvalue weighted by atomic mass is 9.95. The molecule has 0 aliphatic carbocycles. The molecule has 1 aliphatic heterocycles. The molecule has 3 rings (SSSR count). The normalized spacial score (nSPS) is 16.7. The van der Waals surface area contributed by atoms with Gasteiger partial charge < -0.3 is 10.1 Å². The van der Waals surface area contributed by atoms with Crippen LogP contribution in [0.2, 0.25) is 0 Å². The lowest BCUT2D eigenvalue weighted by Gasteiger charge is -2.31. The summed E-state index contributed by atoms with van der Waals surface area (Å²) in [6.07, 6.45) is 1.71. The lowest BCUT2D eigenvalue weighted by molar-refractivity contribution is -0.127. The van der Waals surface area contributed by atoms with E-state index in [1.165, 1.54) is 12.1 Å². The number of carbonyl (C=O) groups excluding carboxylic acids is 1. The smallest absolute Gasteiger partial charge is 0.223 e. The molecule has 1 atom stereocenters. The van der Waals surface area contributed by atoms with E-state index >= 15 is 0 Å². The predicted molar refractivity (Wildman–Crippen MR) is 104 cm³/mol. The number of halogens is 1. The van der Waals surface area contributed by atoms with Crippen molar-refractivity contribution in [2.24, 2.45) is 5.92 Å². The highest BCUT2D eigenvalue weighted by Gasteiger charge is 2.25. The van der Waals surface area contributed by atoms with Crippen molar-refractivity contribution < 1.29 is 13.9 Å². The Balaban J connectivity index is 1.38. The number of rotatable bonds is 7. The van der Waals surface area contributed by atoms with E-state index in [4.69, 9.17) is 4.74 Å². The molecule has 27 heavy (non-hydrogen) atoms. The Labute approximate surface area is 160 Å². The molecule has 2 aromatic rings. The van der Waals surface area contributed by atoms with E-state index in [1.54, 1.807) is 12.1 Å². The fourth-order valence-corrected chi connectivity index (χ4v) is 3.39. The Morgan fingerprint density at radius 2 is 1.81 bits per heavy atom. The van der Waals surface area contributed by atoms with Crippen molar-refractivity contribution in [3.63, 3.8) is 0 Å². The van der Waals surface area contributed by atoms with Crippen LogP contribution < -0.4 is 10.1 Å². The van der Waals surface area contributed by atoms with Crippen LogP contribution in [-0.2, 0) is 4.79 Å². The number of hydrogen-bond acceptors (Lipinski definition) is 3. The fourth-order valence-electron chi connectivity index (χ4n) is 3.39. The molecule has 0 bridgehead atoms. The molecule has 4 nitrogen and oxygen atoms in total. The lowest BCUT2D eigenvalue weighted by Crippen LogP contribution is -2.42. The maximum Gasteiger partial charge on any atom is 0.223 e. The molecule has 0 aromatic heterocycles. The number of hydrogen-bond donors (Lipinski definition) is 1. The zero-order valence-electron chi connectivity index (χ0n) is 15.7. The van der Waals surface area contributed by atoms with Crippen molar-refractivity contribution in [2.45, 2.75) is 25.8 Å². The molecule has 144 valence electrons. The molecule has 1 amide bonds. The minimum Gasteiger partial charge on any atom is -0.492 e. The van der Waals surface area contributed by atoms with E-state index in [9.17, 15) is 9.18 Å². The van der Waals surface area contributed by atoms with E-state index in [0.717, 1.165) is 43.8 Å². The maximum absolute atomic E-state index is 13.0. The number of nitrogens with one attached hydrogen (secondary N) is 1. The summed E-state index contributed by atoms with van der Waals surface area (Å²) in [4.78, 5) is 14.9. The number of para-hydroxylation sites is 1. The number of piperidine rings is 1. The Hall–Kier alpha value is -2.40. The molecule has 0 spiro atoms. The van der Waals surface area contributed by atoms with Gasteiger partial charge in [0.05, 0.1) is 6.04 Å². The SMILES string of the molecule is CC(NC(=O)C1CCN(CCOc2ccccc2)CC1)c1ccc(F)cc1. The summed E-state index contributed by atoms with van der Waals surface area (Å²) in [5, 5.41) is 3.06. The molecule has 1 aliphatic rings. The summed E-state index contributed by atoms with van der Waals surface area (Å²) in [6, 6.07) is 16.0. The minimum atomic E-state index is -0.263. The van der Waals surface area contributed by atoms with Gasteiger partial charge in [0.15, 0.2) is 0 Å². The van der Waals surface area contributed by atoms with Crippen molar-refractivity contribution in [3.05, 3.63) is 66.0 Å². The van der Waals surface area contributed by atoms with Gasteiger partial charge in [0.25, 0.3) is 0 Å². The Kier molecular flexibility index (Phi) is 6.82. The van der Waals surface area contributed by atoms with Gasteiger partial charge in [-0.25, -0.2) is 4.39 Å². The summed E-state index contributed by atoms with van der Waals surface area (Å²) < 4.78 is 18.8. The van der Waals surface area contributed by atoms with E-state index < -0.39 is 0 Å². The highest BCUT2D eigenvalue weighted by atomic mass is 19.1. The van der Waals surface area contributed by atoms with Crippen LogP contribution in [0.15, 0.2) is 54.6 Å².